The third-order valence-corrected chi connectivity index (χ3v) is 2.20. The Balaban J connectivity index is 2.49. The van der Waals surface area contributed by atoms with Crippen molar-refractivity contribution in [3.63, 3.8) is 0 Å². The molecular formula is C9H16N2O2. The molecule has 4 heteroatoms. The van der Waals surface area contributed by atoms with Gasteiger partial charge in [-0.05, 0) is 13.3 Å². The minimum Gasteiger partial charge on any atom is -0.345 e. The molecule has 0 aromatic heterocycles. The van der Waals surface area contributed by atoms with Crippen LogP contribution in [0.1, 0.15) is 13.3 Å². The van der Waals surface area contributed by atoms with E-state index in [1.54, 1.807) is 18.9 Å². The number of hydrogen-bond donors (Lipinski definition) is 0. The lowest BCUT2D eigenvalue weighted by atomic mass is 10.3. The number of rotatable bonds is 2. The minimum absolute atomic E-state index is 0.110. The van der Waals surface area contributed by atoms with Crippen LogP contribution in [0.2, 0.25) is 0 Å². The molecule has 0 aliphatic carbocycles. The Morgan fingerprint density at radius 1 is 1.46 bits per heavy atom. The fourth-order valence-corrected chi connectivity index (χ4v) is 1.50. The highest BCUT2D eigenvalue weighted by Gasteiger charge is 2.19. The number of ketones is 1. The maximum Gasteiger partial charge on any atom is 0.236 e. The molecule has 1 heterocycles. The summed E-state index contributed by atoms with van der Waals surface area (Å²) in [7, 11) is 1.81. The van der Waals surface area contributed by atoms with Gasteiger partial charge in [0.25, 0.3) is 0 Å². The molecule has 0 unspecified atom stereocenters. The summed E-state index contributed by atoms with van der Waals surface area (Å²) in [5, 5.41) is 0. The summed E-state index contributed by atoms with van der Waals surface area (Å²) in [5.74, 6) is 0.233. The zero-order valence-electron chi connectivity index (χ0n) is 8.25. The number of nitrogens with zero attached hydrogens (tertiary/aromatic N) is 2. The molecule has 1 saturated heterocycles. The Labute approximate surface area is 78.5 Å². The Bertz CT molecular complexity index is 216. The summed E-state index contributed by atoms with van der Waals surface area (Å²) in [6.45, 7) is 3.98. The highest BCUT2D eigenvalue weighted by molar-refractivity contribution is 5.81. The van der Waals surface area contributed by atoms with E-state index in [-0.39, 0.29) is 11.7 Å². The second kappa shape index (κ2) is 4.37. The van der Waals surface area contributed by atoms with Crippen molar-refractivity contribution in [1.82, 2.24) is 9.80 Å². The third-order valence-electron chi connectivity index (χ3n) is 2.20. The number of carbonyl (C=O) groups excluding carboxylic acids is 2. The van der Waals surface area contributed by atoms with E-state index in [2.05, 4.69) is 0 Å². The topological polar surface area (TPSA) is 40.6 Å². The van der Waals surface area contributed by atoms with Gasteiger partial charge in [-0.25, -0.2) is 0 Å². The predicted octanol–water partition coefficient (Wildman–Crippen LogP) is -0.261. The van der Waals surface area contributed by atoms with Crippen LogP contribution in [0.15, 0.2) is 0 Å². The maximum absolute atomic E-state index is 11.4. The second-order valence-electron chi connectivity index (χ2n) is 3.58. The van der Waals surface area contributed by atoms with Gasteiger partial charge in [0, 0.05) is 20.1 Å². The quantitative estimate of drug-likeness (QED) is 0.593. The average molecular weight is 184 g/mol. The SMILES string of the molecule is CC(=O)CN1CCCN(C)C(=O)C1. The van der Waals surface area contributed by atoms with Crippen LogP contribution >= 0.6 is 0 Å². The highest BCUT2D eigenvalue weighted by atomic mass is 16.2. The smallest absolute Gasteiger partial charge is 0.236 e. The number of carbonyl (C=O) groups is 2. The first-order chi connectivity index (χ1) is 6.09. The Morgan fingerprint density at radius 3 is 2.77 bits per heavy atom. The van der Waals surface area contributed by atoms with Gasteiger partial charge in [-0.15, -0.1) is 0 Å². The van der Waals surface area contributed by atoms with Gasteiger partial charge >= 0.3 is 0 Å². The Hall–Kier alpha value is -0.900. The van der Waals surface area contributed by atoms with E-state index in [0.717, 1.165) is 19.5 Å². The van der Waals surface area contributed by atoms with Crippen molar-refractivity contribution >= 4 is 11.7 Å². The molecule has 74 valence electrons. The standard InChI is InChI=1S/C9H16N2O2/c1-8(12)6-11-5-3-4-10(2)9(13)7-11/h3-7H2,1-2H3. The fraction of sp³-hybridized carbons (Fsp3) is 0.778. The first kappa shape index (κ1) is 10.2. The van der Waals surface area contributed by atoms with Crippen LogP contribution in [-0.4, -0.2) is 54.7 Å². The predicted molar refractivity (Wildman–Crippen MR) is 49.4 cm³/mol. The van der Waals surface area contributed by atoms with E-state index in [1.165, 1.54) is 0 Å². The van der Waals surface area contributed by atoms with Crippen LogP contribution in [0.25, 0.3) is 0 Å². The summed E-state index contributed by atoms with van der Waals surface area (Å²) in [5.41, 5.74) is 0. The number of amides is 1. The van der Waals surface area contributed by atoms with Gasteiger partial charge in [0.15, 0.2) is 0 Å². The van der Waals surface area contributed by atoms with Crippen LogP contribution in [0, 0.1) is 0 Å². The first-order valence-electron chi connectivity index (χ1n) is 4.55. The summed E-state index contributed by atoms with van der Waals surface area (Å²) >= 11 is 0. The van der Waals surface area contributed by atoms with Crippen LogP contribution < -0.4 is 0 Å². The monoisotopic (exact) mass is 184 g/mol. The molecule has 0 radical (unpaired) electrons. The lowest BCUT2D eigenvalue weighted by Gasteiger charge is -2.17. The third kappa shape index (κ3) is 3.14. The van der Waals surface area contributed by atoms with Crippen LogP contribution in [-0.2, 0) is 9.59 Å². The van der Waals surface area contributed by atoms with Gasteiger partial charge in [0.1, 0.15) is 5.78 Å². The largest absolute Gasteiger partial charge is 0.345 e. The number of hydrogen-bond acceptors (Lipinski definition) is 3. The summed E-state index contributed by atoms with van der Waals surface area (Å²) in [6, 6.07) is 0. The molecule has 1 fully saturated rings. The van der Waals surface area contributed by atoms with Gasteiger partial charge in [-0.3, -0.25) is 14.5 Å². The molecule has 0 atom stereocenters. The maximum atomic E-state index is 11.4. The fourth-order valence-electron chi connectivity index (χ4n) is 1.50. The number of likely N-dealkylation sites (N-methyl/N-ethyl adjacent to an activating group) is 1. The van der Waals surface area contributed by atoms with E-state index in [0.29, 0.717) is 13.1 Å². The van der Waals surface area contributed by atoms with Crippen LogP contribution in [0.4, 0.5) is 0 Å². The average Bonchev–Trinajstić information content (AvgIpc) is 2.14. The minimum atomic E-state index is 0.110. The van der Waals surface area contributed by atoms with Crippen molar-refractivity contribution in [2.45, 2.75) is 13.3 Å². The van der Waals surface area contributed by atoms with Gasteiger partial charge in [-0.2, -0.15) is 0 Å². The summed E-state index contributed by atoms with van der Waals surface area (Å²) < 4.78 is 0. The molecule has 13 heavy (non-hydrogen) atoms. The van der Waals surface area contributed by atoms with Gasteiger partial charge in [-0.1, -0.05) is 0 Å². The molecule has 1 aliphatic rings. The first-order valence-corrected chi connectivity index (χ1v) is 4.55. The molecule has 0 aromatic carbocycles. The molecule has 0 aromatic rings. The second-order valence-corrected chi connectivity index (χ2v) is 3.58. The molecule has 0 spiro atoms. The van der Waals surface area contributed by atoms with E-state index in [1.807, 2.05) is 4.90 Å². The molecule has 0 N–H and O–H groups in total. The zero-order chi connectivity index (χ0) is 9.84. The van der Waals surface area contributed by atoms with Crippen molar-refractivity contribution in [2.75, 3.05) is 33.2 Å². The highest BCUT2D eigenvalue weighted by Crippen LogP contribution is 2.01. The normalized spacial score (nSPS) is 20.2. The van der Waals surface area contributed by atoms with Crippen LogP contribution in [0.5, 0.6) is 0 Å². The van der Waals surface area contributed by atoms with Crippen molar-refractivity contribution in [3.8, 4) is 0 Å². The molecule has 1 rings (SSSR count). The molecular weight excluding hydrogens is 168 g/mol. The van der Waals surface area contributed by atoms with Crippen molar-refractivity contribution in [3.05, 3.63) is 0 Å². The lowest BCUT2D eigenvalue weighted by molar-refractivity contribution is -0.130. The molecule has 1 aliphatic heterocycles. The Kier molecular flexibility index (Phi) is 3.42. The molecule has 1 amide bonds. The van der Waals surface area contributed by atoms with Crippen molar-refractivity contribution in [1.29, 1.82) is 0 Å². The number of Topliss-reactive ketones (excluding diaryl/α,β-unsaturated/α-hetero) is 1. The summed E-state index contributed by atoms with van der Waals surface area (Å²) in [4.78, 5) is 25.9. The van der Waals surface area contributed by atoms with Crippen molar-refractivity contribution in [2.24, 2.45) is 0 Å². The lowest BCUT2D eigenvalue weighted by Crippen LogP contribution is -2.36. The summed E-state index contributed by atoms with van der Waals surface area (Å²) in [6.07, 6.45) is 0.954. The van der Waals surface area contributed by atoms with E-state index >= 15 is 0 Å². The van der Waals surface area contributed by atoms with E-state index in [9.17, 15) is 9.59 Å². The Morgan fingerprint density at radius 2 is 2.15 bits per heavy atom. The van der Waals surface area contributed by atoms with Crippen LogP contribution in [0.3, 0.4) is 0 Å². The molecule has 4 nitrogen and oxygen atoms in total. The van der Waals surface area contributed by atoms with Gasteiger partial charge in [0.05, 0.1) is 13.1 Å². The molecule has 0 bridgehead atoms. The van der Waals surface area contributed by atoms with E-state index in [4.69, 9.17) is 0 Å². The zero-order valence-corrected chi connectivity index (χ0v) is 8.25. The van der Waals surface area contributed by atoms with Gasteiger partial charge in [0.2, 0.25) is 5.91 Å². The molecule has 0 saturated carbocycles. The van der Waals surface area contributed by atoms with Crippen molar-refractivity contribution < 1.29 is 9.59 Å². The van der Waals surface area contributed by atoms with Gasteiger partial charge < -0.3 is 4.90 Å². The van der Waals surface area contributed by atoms with E-state index < -0.39 is 0 Å².